The first-order valence-electron chi connectivity index (χ1n) is 6.19. The van der Waals surface area contributed by atoms with Gasteiger partial charge in [-0.1, -0.05) is 12.1 Å². The van der Waals surface area contributed by atoms with Crippen molar-refractivity contribution in [3.63, 3.8) is 0 Å². The number of aryl methyl sites for hydroxylation is 1. The number of aliphatic hydroxyl groups excluding tert-OH is 1. The van der Waals surface area contributed by atoms with Gasteiger partial charge in [0.05, 0.1) is 25.5 Å². The first kappa shape index (κ1) is 14.6. The van der Waals surface area contributed by atoms with Gasteiger partial charge in [0.15, 0.2) is 11.6 Å². The Labute approximate surface area is 115 Å². The summed E-state index contributed by atoms with van der Waals surface area (Å²) in [4.78, 5) is 0. The Balaban J connectivity index is 2.46. The predicted molar refractivity (Wildman–Crippen MR) is 70.1 cm³/mol. The molecule has 108 valence electrons. The number of halogens is 2. The van der Waals surface area contributed by atoms with E-state index in [0.29, 0.717) is 24.4 Å². The normalized spacial score (nSPS) is 11.1. The number of methoxy groups -OCH3 is 1. The molecule has 1 aromatic carbocycles. The van der Waals surface area contributed by atoms with Crippen molar-refractivity contribution in [1.82, 2.24) is 9.78 Å². The fourth-order valence-electron chi connectivity index (χ4n) is 1.96. The Morgan fingerprint density at radius 1 is 1.25 bits per heavy atom. The van der Waals surface area contributed by atoms with E-state index in [1.54, 1.807) is 18.0 Å². The van der Waals surface area contributed by atoms with Crippen LogP contribution in [0.25, 0.3) is 11.1 Å². The number of aliphatic hydroxyl groups is 1. The smallest absolute Gasteiger partial charge is 0.167 e. The summed E-state index contributed by atoms with van der Waals surface area (Å²) in [6.45, 7) is 2.07. The predicted octanol–water partition coefficient (Wildman–Crippen LogP) is 2.28. The molecule has 2 aromatic rings. The Bertz CT molecular complexity index is 611. The molecule has 0 unspecified atom stereocenters. The van der Waals surface area contributed by atoms with Gasteiger partial charge in [0, 0.05) is 24.4 Å². The molecule has 0 aliphatic carbocycles. The number of rotatable bonds is 5. The van der Waals surface area contributed by atoms with E-state index in [4.69, 9.17) is 4.74 Å². The Morgan fingerprint density at radius 3 is 2.65 bits per heavy atom. The minimum Gasteiger partial charge on any atom is -0.390 e. The first-order valence-corrected chi connectivity index (χ1v) is 6.19. The quantitative estimate of drug-likeness (QED) is 0.915. The van der Waals surface area contributed by atoms with Gasteiger partial charge in [-0.15, -0.1) is 0 Å². The average Bonchev–Trinajstić information content (AvgIpc) is 2.86. The zero-order chi connectivity index (χ0) is 14.7. The highest BCUT2D eigenvalue weighted by atomic mass is 19.2. The second-order valence-corrected chi connectivity index (χ2v) is 4.46. The number of nitrogens with zero attached hydrogens (tertiary/aromatic N) is 2. The third-order valence-corrected chi connectivity index (χ3v) is 3.08. The lowest BCUT2D eigenvalue weighted by Gasteiger charge is -2.05. The lowest BCUT2D eigenvalue weighted by Crippen LogP contribution is -2.04. The van der Waals surface area contributed by atoms with Crippen molar-refractivity contribution in [2.45, 2.75) is 20.1 Å². The summed E-state index contributed by atoms with van der Waals surface area (Å²) >= 11 is 0. The summed E-state index contributed by atoms with van der Waals surface area (Å²) in [6.07, 6.45) is 1.58. The van der Waals surface area contributed by atoms with Crippen LogP contribution in [0.4, 0.5) is 8.78 Å². The molecule has 1 aromatic heterocycles. The zero-order valence-electron chi connectivity index (χ0n) is 11.4. The summed E-state index contributed by atoms with van der Waals surface area (Å²) in [5.74, 6) is -1.80. The minimum atomic E-state index is -0.925. The molecule has 0 spiro atoms. The first-order chi connectivity index (χ1) is 9.58. The number of hydrogen-bond acceptors (Lipinski definition) is 3. The van der Waals surface area contributed by atoms with Crippen molar-refractivity contribution in [3.8, 4) is 11.1 Å². The Kier molecular flexibility index (Phi) is 4.46. The monoisotopic (exact) mass is 282 g/mol. The third kappa shape index (κ3) is 2.71. The molecule has 0 aliphatic rings. The molecule has 0 amide bonds. The summed E-state index contributed by atoms with van der Waals surface area (Å²) in [5.41, 5.74) is 1.03. The number of hydrogen-bond donors (Lipinski definition) is 1. The maximum atomic E-state index is 14.0. The van der Waals surface area contributed by atoms with Crippen LogP contribution in [-0.2, 0) is 17.9 Å². The van der Waals surface area contributed by atoms with E-state index in [-0.39, 0.29) is 17.7 Å². The lowest BCUT2D eigenvalue weighted by atomic mass is 10.0. The van der Waals surface area contributed by atoms with Crippen molar-refractivity contribution >= 4 is 0 Å². The van der Waals surface area contributed by atoms with E-state index in [2.05, 4.69) is 5.10 Å². The maximum Gasteiger partial charge on any atom is 0.167 e. The van der Waals surface area contributed by atoms with Gasteiger partial charge in [-0.2, -0.15) is 5.10 Å². The minimum absolute atomic E-state index is 0.0980. The van der Waals surface area contributed by atoms with E-state index in [1.807, 2.05) is 0 Å². The summed E-state index contributed by atoms with van der Waals surface area (Å²) < 4.78 is 34.1. The molecule has 1 N–H and O–H groups in total. The van der Waals surface area contributed by atoms with Gasteiger partial charge in [-0.05, 0) is 12.5 Å². The van der Waals surface area contributed by atoms with Crippen molar-refractivity contribution in [3.05, 3.63) is 41.2 Å². The molecule has 0 fully saturated rings. The highest BCUT2D eigenvalue weighted by molar-refractivity contribution is 5.66. The fraction of sp³-hybridized carbons (Fsp3) is 0.357. The van der Waals surface area contributed by atoms with Crippen LogP contribution in [0.3, 0.4) is 0 Å². The largest absolute Gasteiger partial charge is 0.390 e. The average molecular weight is 282 g/mol. The van der Waals surface area contributed by atoms with Crippen LogP contribution >= 0.6 is 0 Å². The summed E-state index contributed by atoms with van der Waals surface area (Å²) in [5, 5.41) is 13.4. The molecule has 6 heteroatoms. The van der Waals surface area contributed by atoms with Gasteiger partial charge >= 0.3 is 0 Å². The summed E-state index contributed by atoms with van der Waals surface area (Å²) in [7, 11) is 1.56. The topological polar surface area (TPSA) is 47.3 Å². The Morgan fingerprint density at radius 2 is 2.00 bits per heavy atom. The van der Waals surface area contributed by atoms with Gasteiger partial charge in [0.2, 0.25) is 0 Å². The molecule has 2 rings (SSSR count). The van der Waals surface area contributed by atoms with Crippen LogP contribution in [0, 0.1) is 18.6 Å². The SMILES string of the molecule is COCCn1cc(-c2ccc(C)c(F)c2F)c(CO)n1. The van der Waals surface area contributed by atoms with Crippen LogP contribution in [0.15, 0.2) is 18.3 Å². The van der Waals surface area contributed by atoms with Gasteiger partial charge in [-0.25, -0.2) is 8.78 Å². The fourth-order valence-corrected chi connectivity index (χ4v) is 1.96. The highest BCUT2D eigenvalue weighted by Gasteiger charge is 2.17. The molecule has 0 saturated heterocycles. The zero-order valence-corrected chi connectivity index (χ0v) is 11.4. The van der Waals surface area contributed by atoms with E-state index in [1.165, 1.54) is 19.1 Å². The molecular weight excluding hydrogens is 266 g/mol. The standard InChI is InChI=1S/C14H16F2N2O2/c1-9-3-4-10(14(16)13(9)15)11-7-18(5-6-20-2)17-12(11)8-19/h3-4,7,19H,5-6,8H2,1-2H3. The van der Waals surface area contributed by atoms with Crippen LogP contribution in [0.2, 0.25) is 0 Å². The molecule has 4 nitrogen and oxygen atoms in total. The Hall–Kier alpha value is -1.79. The molecule has 0 saturated carbocycles. The third-order valence-electron chi connectivity index (χ3n) is 3.08. The molecule has 20 heavy (non-hydrogen) atoms. The van der Waals surface area contributed by atoms with Gasteiger partial charge in [0.1, 0.15) is 0 Å². The lowest BCUT2D eigenvalue weighted by molar-refractivity contribution is 0.183. The van der Waals surface area contributed by atoms with E-state index >= 15 is 0 Å². The highest BCUT2D eigenvalue weighted by Crippen LogP contribution is 2.28. The van der Waals surface area contributed by atoms with Gasteiger partial charge in [-0.3, -0.25) is 4.68 Å². The number of aromatic nitrogens is 2. The van der Waals surface area contributed by atoms with Crippen LogP contribution in [0.1, 0.15) is 11.3 Å². The molecule has 0 atom stereocenters. The van der Waals surface area contributed by atoms with Crippen LogP contribution in [0.5, 0.6) is 0 Å². The van der Waals surface area contributed by atoms with Crippen molar-refractivity contribution < 1.29 is 18.6 Å². The van der Waals surface area contributed by atoms with Crippen molar-refractivity contribution in [2.75, 3.05) is 13.7 Å². The molecule has 0 aliphatic heterocycles. The molecule has 1 heterocycles. The molecule has 0 radical (unpaired) electrons. The molecular formula is C14H16F2N2O2. The van der Waals surface area contributed by atoms with E-state index in [0.717, 1.165) is 0 Å². The number of benzene rings is 1. The second kappa shape index (κ2) is 6.11. The maximum absolute atomic E-state index is 14.0. The van der Waals surface area contributed by atoms with Crippen molar-refractivity contribution in [2.24, 2.45) is 0 Å². The number of ether oxygens (including phenoxy) is 1. The van der Waals surface area contributed by atoms with Gasteiger partial charge in [0.25, 0.3) is 0 Å². The van der Waals surface area contributed by atoms with Gasteiger partial charge < -0.3 is 9.84 Å². The van der Waals surface area contributed by atoms with Crippen LogP contribution in [-0.4, -0.2) is 28.6 Å². The second-order valence-electron chi connectivity index (χ2n) is 4.46. The van der Waals surface area contributed by atoms with Crippen molar-refractivity contribution in [1.29, 1.82) is 0 Å². The van der Waals surface area contributed by atoms with Crippen LogP contribution < -0.4 is 0 Å². The van der Waals surface area contributed by atoms with E-state index in [9.17, 15) is 13.9 Å². The van der Waals surface area contributed by atoms with E-state index < -0.39 is 11.6 Å². The summed E-state index contributed by atoms with van der Waals surface area (Å²) in [6, 6.07) is 2.99. The molecule has 0 bridgehead atoms.